The summed E-state index contributed by atoms with van der Waals surface area (Å²) in [4.78, 5) is 16.4. The van der Waals surface area contributed by atoms with Gasteiger partial charge in [0, 0.05) is 37.3 Å². The monoisotopic (exact) mass is 438 g/mol. The van der Waals surface area contributed by atoms with Crippen molar-refractivity contribution in [3.8, 4) is 23.0 Å². The van der Waals surface area contributed by atoms with Crippen molar-refractivity contribution in [2.75, 3.05) is 4.90 Å². The maximum atomic E-state index is 5.04. The van der Waals surface area contributed by atoms with Crippen LogP contribution in [0.1, 0.15) is 31.0 Å². The number of rotatable bonds is 4. The summed E-state index contributed by atoms with van der Waals surface area (Å²) in [7, 11) is 1.91. The minimum atomic E-state index is -0.0623. The van der Waals surface area contributed by atoms with Gasteiger partial charge in [-0.1, -0.05) is 37.3 Å². The number of aryl methyl sites for hydroxylation is 2. The Labute approximate surface area is 190 Å². The first-order chi connectivity index (χ1) is 16.2. The van der Waals surface area contributed by atoms with Crippen LogP contribution < -0.4 is 4.90 Å². The van der Waals surface area contributed by atoms with E-state index >= 15 is 0 Å². The molecule has 0 amide bonds. The molecular weight excluding hydrogens is 416 g/mol. The molecule has 0 spiro atoms. The molecule has 1 aliphatic heterocycles. The smallest absolute Gasteiger partial charge is 0.237 e. The highest BCUT2D eigenvalue weighted by molar-refractivity contribution is 5.70. The molecule has 10 heteroatoms. The molecule has 6 rings (SSSR count). The molecule has 10 nitrogen and oxygen atoms in total. The summed E-state index contributed by atoms with van der Waals surface area (Å²) in [5, 5.41) is 13.5. The second kappa shape index (κ2) is 7.37. The molecule has 1 atom stereocenters. The van der Waals surface area contributed by atoms with Crippen LogP contribution in [0.15, 0.2) is 61.2 Å². The predicted molar refractivity (Wildman–Crippen MR) is 123 cm³/mol. The van der Waals surface area contributed by atoms with Crippen LogP contribution in [0.25, 0.3) is 23.0 Å². The first-order valence-electron chi connectivity index (χ1n) is 10.8. The Bertz CT molecular complexity index is 1450. The number of nitrogens with zero attached hydrogens (tertiary/aromatic N) is 10. The Balaban J connectivity index is 1.57. The Morgan fingerprint density at radius 2 is 1.85 bits per heavy atom. The van der Waals surface area contributed by atoms with Crippen molar-refractivity contribution in [3.63, 3.8) is 0 Å². The molecule has 1 aliphatic rings. The number of imidazole rings is 1. The van der Waals surface area contributed by atoms with E-state index in [1.54, 1.807) is 10.9 Å². The van der Waals surface area contributed by atoms with Crippen molar-refractivity contribution in [2.45, 2.75) is 26.3 Å². The summed E-state index contributed by atoms with van der Waals surface area (Å²) in [6, 6.07) is 11.9. The highest BCUT2D eigenvalue weighted by atomic mass is 15.4. The molecule has 0 bridgehead atoms. The first-order valence-corrected chi connectivity index (χ1v) is 10.8. The first kappa shape index (κ1) is 19.4. The van der Waals surface area contributed by atoms with E-state index in [0.717, 1.165) is 46.8 Å². The second-order valence-corrected chi connectivity index (χ2v) is 7.95. The third-order valence-electron chi connectivity index (χ3n) is 5.89. The second-order valence-electron chi connectivity index (χ2n) is 7.95. The van der Waals surface area contributed by atoms with Crippen LogP contribution in [0.5, 0.6) is 0 Å². The summed E-state index contributed by atoms with van der Waals surface area (Å²) in [6.45, 7) is 4.08. The highest BCUT2D eigenvalue weighted by Gasteiger charge is 2.37. The van der Waals surface area contributed by atoms with Crippen LogP contribution in [0.2, 0.25) is 0 Å². The zero-order valence-corrected chi connectivity index (χ0v) is 18.5. The van der Waals surface area contributed by atoms with E-state index in [-0.39, 0.29) is 6.04 Å². The number of fused-ring (bicyclic) bond motifs is 3. The molecule has 0 saturated heterocycles. The summed E-state index contributed by atoms with van der Waals surface area (Å²) in [5.74, 6) is 4.54. The van der Waals surface area contributed by atoms with Crippen LogP contribution in [0, 0.1) is 6.92 Å². The molecule has 1 unspecified atom stereocenters. The van der Waals surface area contributed by atoms with Gasteiger partial charge >= 0.3 is 0 Å². The molecule has 5 aromatic rings. The molecule has 164 valence electrons. The van der Waals surface area contributed by atoms with Gasteiger partial charge in [0.2, 0.25) is 5.95 Å². The molecule has 0 aliphatic carbocycles. The Kier molecular flexibility index (Phi) is 4.32. The Morgan fingerprint density at radius 1 is 1.00 bits per heavy atom. The normalized spacial score (nSPS) is 14.9. The molecule has 0 N–H and O–H groups in total. The predicted octanol–water partition coefficient (Wildman–Crippen LogP) is 3.55. The third-order valence-corrected chi connectivity index (χ3v) is 5.89. The van der Waals surface area contributed by atoms with Gasteiger partial charge in [-0.25, -0.2) is 9.97 Å². The maximum absolute atomic E-state index is 5.04. The van der Waals surface area contributed by atoms with Gasteiger partial charge in [0.25, 0.3) is 0 Å². The molecule has 0 fully saturated rings. The lowest BCUT2D eigenvalue weighted by Gasteiger charge is -2.35. The lowest BCUT2D eigenvalue weighted by molar-refractivity contribution is 0.578. The minimum absolute atomic E-state index is 0.0623. The average Bonchev–Trinajstić information content (AvgIpc) is 3.58. The average molecular weight is 438 g/mol. The lowest BCUT2D eigenvalue weighted by atomic mass is 10.1. The van der Waals surface area contributed by atoms with Gasteiger partial charge < -0.3 is 0 Å². The minimum Gasteiger partial charge on any atom is -0.297 e. The summed E-state index contributed by atoms with van der Waals surface area (Å²) in [6.07, 6.45) is 8.21. The van der Waals surface area contributed by atoms with E-state index in [9.17, 15) is 0 Å². The topological polar surface area (TPSA) is 95.4 Å². The Morgan fingerprint density at radius 3 is 2.61 bits per heavy atom. The maximum Gasteiger partial charge on any atom is 0.237 e. The van der Waals surface area contributed by atoms with Gasteiger partial charge in [-0.3, -0.25) is 18.7 Å². The molecule has 0 saturated carbocycles. The van der Waals surface area contributed by atoms with Gasteiger partial charge in [0.1, 0.15) is 17.3 Å². The van der Waals surface area contributed by atoms with E-state index < -0.39 is 0 Å². The largest absolute Gasteiger partial charge is 0.297 e. The zero-order valence-electron chi connectivity index (χ0n) is 18.5. The molecule has 33 heavy (non-hydrogen) atoms. The van der Waals surface area contributed by atoms with E-state index in [0.29, 0.717) is 5.95 Å². The molecule has 4 aromatic heterocycles. The molecule has 0 radical (unpaired) electrons. The van der Waals surface area contributed by atoms with Crippen LogP contribution >= 0.6 is 0 Å². The number of aromatic nitrogens is 9. The van der Waals surface area contributed by atoms with Crippen LogP contribution in [-0.2, 0) is 7.05 Å². The van der Waals surface area contributed by atoms with Crippen molar-refractivity contribution in [1.29, 1.82) is 0 Å². The number of anilines is 2. The summed E-state index contributed by atoms with van der Waals surface area (Å²) >= 11 is 0. The van der Waals surface area contributed by atoms with Crippen molar-refractivity contribution in [1.82, 2.24) is 44.1 Å². The number of hydrogen-bond donors (Lipinski definition) is 0. The van der Waals surface area contributed by atoms with Crippen molar-refractivity contribution in [3.05, 3.63) is 72.8 Å². The molecular formula is C23H22N10. The number of hydrogen-bond acceptors (Lipinski definition) is 7. The highest BCUT2D eigenvalue weighted by Crippen LogP contribution is 2.43. The van der Waals surface area contributed by atoms with Crippen molar-refractivity contribution >= 4 is 11.6 Å². The fraction of sp³-hybridized carbons (Fsp3) is 0.217. The van der Waals surface area contributed by atoms with E-state index in [4.69, 9.17) is 9.97 Å². The van der Waals surface area contributed by atoms with Gasteiger partial charge in [0.15, 0.2) is 17.5 Å². The van der Waals surface area contributed by atoms with Gasteiger partial charge in [0.05, 0.1) is 12.2 Å². The van der Waals surface area contributed by atoms with E-state index in [1.807, 2.05) is 78.1 Å². The van der Waals surface area contributed by atoms with Gasteiger partial charge in [-0.2, -0.15) is 10.1 Å². The van der Waals surface area contributed by atoms with E-state index in [1.165, 1.54) is 0 Å². The summed E-state index contributed by atoms with van der Waals surface area (Å²) < 4.78 is 5.73. The third kappa shape index (κ3) is 2.94. The van der Waals surface area contributed by atoms with E-state index in [2.05, 4.69) is 32.1 Å². The fourth-order valence-electron chi connectivity index (χ4n) is 4.39. The SMILES string of the molecule is CCC1c2nnc(C)n2-c2cnc(-n3ccnc3-c3ccccc3)nc2N1c1ccn(C)n1. The molecule has 1 aromatic carbocycles. The molecule has 5 heterocycles. The Hall–Kier alpha value is -4.34. The van der Waals surface area contributed by atoms with Crippen molar-refractivity contribution < 1.29 is 0 Å². The van der Waals surface area contributed by atoms with Crippen LogP contribution in [0.4, 0.5) is 11.6 Å². The van der Waals surface area contributed by atoms with Crippen LogP contribution in [0.3, 0.4) is 0 Å². The lowest BCUT2D eigenvalue weighted by Crippen LogP contribution is -2.33. The fourth-order valence-corrected chi connectivity index (χ4v) is 4.39. The van der Waals surface area contributed by atoms with Gasteiger partial charge in [-0.15, -0.1) is 10.2 Å². The quantitative estimate of drug-likeness (QED) is 0.423. The van der Waals surface area contributed by atoms with Gasteiger partial charge in [-0.05, 0) is 13.3 Å². The van der Waals surface area contributed by atoms with Crippen LogP contribution in [-0.4, -0.2) is 44.1 Å². The van der Waals surface area contributed by atoms with Crippen molar-refractivity contribution in [2.24, 2.45) is 7.05 Å². The summed E-state index contributed by atoms with van der Waals surface area (Å²) in [5.41, 5.74) is 1.82. The zero-order chi connectivity index (χ0) is 22.5. The number of benzene rings is 1. The standard InChI is InChI=1S/C23H22N10/c1-4-17-22-28-27-15(2)32(22)18-14-25-23(26-21(18)33(17)19-10-12-30(3)29-19)31-13-11-24-20(31)16-8-6-5-7-9-16/h5-14,17H,4H2,1-3H3.